The fraction of sp³-hybridized carbons (Fsp3) is 0.923. The predicted octanol–water partition coefficient (Wildman–Crippen LogP) is 4.16. The van der Waals surface area contributed by atoms with Crippen LogP contribution in [0.15, 0.2) is 0 Å². The van der Waals surface area contributed by atoms with Crippen molar-refractivity contribution < 1.29 is 9.22 Å². The van der Waals surface area contributed by atoms with Gasteiger partial charge in [-0.25, -0.2) is 0 Å². The van der Waals surface area contributed by atoms with Gasteiger partial charge in [0.2, 0.25) is 8.32 Å². The molecule has 0 amide bonds. The molecule has 0 aliphatic rings. The minimum absolute atomic E-state index is 0.138. The van der Waals surface area contributed by atoms with Crippen molar-refractivity contribution in [3.8, 4) is 0 Å². The van der Waals surface area contributed by atoms with Crippen molar-refractivity contribution in [2.75, 3.05) is 0 Å². The second kappa shape index (κ2) is 5.96. The summed E-state index contributed by atoms with van der Waals surface area (Å²) in [6.45, 7) is 16.9. The first-order valence-corrected chi connectivity index (χ1v) is 8.48. The highest BCUT2D eigenvalue weighted by molar-refractivity contribution is 6.77. The fourth-order valence-electron chi connectivity index (χ4n) is 2.80. The Kier molecular flexibility index (Phi) is 5.91. The standard InChI is InChI=1S/C13H28O2Si/c1-9(2)16(10(3)4,11(5)6)15-13(8)12(7)14/h9-11,13H,1-8H3/t13-/m0/s1. The molecular weight excluding hydrogens is 216 g/mol. The van der Waals surface area contributed by atoms with Gasteiger partial charge in [0.05, 0.1) is 0 Å². The van der Waals surface area contributed by atoms with Crippen LogP contribution in [0.3, 0.4) is 0 Å². The quantitative estimate of drug-likeness (QED) is 0.656. The van der Waals surface area contributed by atoms with Gasteiger partial charge in [-0.05, 0) is 30.5 Å². The Labute approximate surface area is 102 Å². The minimum atomic E-state index is -1.87. The lowest BCUT2D eigenvalue weighted by molar-refractivity contribution is -0.123. The van der Waals surface area contributed by atoms with Gasteiger partial charge in [-0.3, -0.25) is 4.79 Å². The highest BCUT2D eigenvalue weighted by Gasteiger charge is 2.46. The maximum Gasteiger partial charge on any atom is 0.201 e. The lowest BCUT2D eigenvalue weighted by Gasteiger charge is -2.43. The maximum absolute atomic E-state index is 11.4. The van der Waals surface area contributed by atoms with Crippen LogP contribution in [-0.4, -0.2) is 20.2 Å². The number of hydrogen-bond donors (Lipinski definition) is 0. The van der Waals surface area contributed by atoms with Crippen LogP contribution in [0.4, 0.5) is 0 Å². The lowest BCUT2D eigenvalue weighted by atomic mass is 10.3. The van der Waals surface area contributed by atoms with E-state index in [0.29, 0.717) is 16.6 Å². The summed E-state index contributed by atoms with van der Waals surface area (Å²) in [5, 5.41) is 0. The zero-order chi connectivity index (χ0) is 13.1. The summed E-state index contributed by atoms with van der Waals surface area (Å²) in [5.41, 5.74) is 1.61. The molecule has 0 aromatic heterocycles. The van der Waals surface area contributed by atoms with Gasteiger partial charge in [0, 0.05) is 0 Å². The summed E-state index contributed by atoms with van der Waals surface area (Å²) < 4.78 is 6.27. The van der Waals surface area contributed by atoms with E-state index in [0.717, 1.165) is 0 Å². The molecule has 0 unspecified atom stereocenters. The molecule has 0 spiro atoms. The third kappa shape index (κ3) is 3.17. The third-order valence-electron chi connectivity index (χ3n) is 3.66. The molecule has 0 aromatic carbocycles. The van der Waals surface area contributed by atoms with E-state index in [1.807, 2.05) is 6.92 Å². The average Bonchev–Trinajstić information content (AvgIpc) is 2.11. The number of carbonyl (C=O) groups is 1. The molecule has 0 saturated carbocycles. The molecule has 16 heavy (non-hydrogen) atoms. The summed E-state index contributed by atoms with van der Waals surface area (Å²) >= 11 is 0. The van der Waals surface area contributed by atoms with Crippen molar-refractivity contribution in [1.82, 2.24) is 0 Å². The van der Waals surface area contributed by atoms with Crippen LogP contribution in [0.2, 0.25) is 16.6 Å². The molecule has 0 fully saturated rings. The Morgan fingerprint density at radius 3 is 1.38 bits per heavy atom. The molecule has 2 nitrogen and oxygen atoms in total. The zero-order valence-corrected chi connectivity index (χ0v) is 13.1. The predicted molar refractivity (Wildman–Crippen MR) is 72.3 cm³/mol. The van der Waals surface area contributed by atoms with E-state index >= 15 is 0 Å². The topological polar surface area (TPSA) is 26.3 Å². The number of carbonyl (C=O) groups excluding carboxylic acids is 1. The molecule has 0 bridgehead atoms. The van der Waals surface area contributed by atoms with Crippen molar-refractivity contribution in [2.24, 2.45) is 0 Å². The van der Waals surface area contributed by atoms with Crippen LogP contribution < -0.4 is 0 Å². The van der Waals surface area contributed by atoms with E-state index in [-0.39, 0.29) is 11.9 Å². The second-order valence-corrected chi connectivity index (χ2v) is 11.1. The van der Waals surface area contributed by atoms with Crippen molar-refractivity contribution in [1.29, 1.82) is 0 Å². The number of rotatable bonds is 6. The minimum Gasteiger partial charge on any atom is -0.406 e. The van der Waals surface area contributed by atoms with Crippen LogP contribution >= 0.6 is 0 Å². The molecule has 0 aliphatic heterocycles. The van der Waals surface area contributed by atoms with Crippen LogP contribution in [0.5, 0.6) is 0 Å². The van der Waals surface area contributed by atoms with E-state index in [2.05, 4.69) is 41.5 Å². The zero-order valence-electron chi connectivity index (χ0n) is 12.1. The van der Waals surface area contributed by atoms with Gasteiger partial charge >= 0.3 is 0 Å². The van der Waals surface area contributed by atoms with Gasteiger partial charge in [0.1, 0.15) is 6.10 Å². The monoisotopic (exact) mass is 244 g/mol. The summed E-state index contributed by atoms with van der Waals surface area (Å²) in [5.74, 6) is 0.138. The second-order valence-electron chi connectivity index (χ2n) is 5.69. The first-order chi connectivity index (χ1) is 7.16. The Bertz CT molecular complexity index is 212. The molecule has 0 aromatic rings. The fourth-order valence-corrected chi connectivity index (χ4v) is 8.39. The van der Waals surface area contributed by atoms with Crippen molar-refractivity contribution >= 4 is 14.1 Å². The van der Waals surface area contributed by atoms with E-state index in [4.69, 9.17) is 4.43 Å². The highest BCUT2D eigenvalue weighted by atomic mass is 28.4. The van der Waals surface area contributed by atoms with Crippen LogP contribution in [0, 0.1) is 0 Å². The van der Waals surface area contributed by atoms with Crippen molar-refractivity contribution in [2.45, 2.75) is 78.1 Å². The summed E-state index contributed by atoms with van der Waals surface area (Å²) in [7, 11) is -1.87. The van der Waals surface area contributed by atoms with Gasteiger partial charge in [0.15, 0.2) is 5.78 Å². The highest BCUT2D eigenvalue weighted by Crippen LogP contribution is 2.42. The molecule has 0 saturated heterocycles. The molecule has 96 valence electrons. The lowest BCUT2D eigenvalue weighted by Crippen LogP contribution is -2.50. The molecule has 0 radical (unpaired) electrons. The molecule has 1 atom stereocenters. The number of Topliss-reactive ketones (excluding diaryl/α,β-unsaturated/α-hetero) is 1. The Morgan fingerprint density at radius 1 is 0.875 bits per heavy atom. The van der Waals surface area contributed by atoms with Gasteiger partial charge in [0.25, 0.3) is 0 Å². The first-order valence-electron chi connectivity index (χ1n) is 6.34. The summed E-state index contributed by atoms with van der Waals surface area (Å²) in [6.07, 6.45) is -0.251. The van der Waals surface area contributed by atoms with Crippen LogP contribution in [0.25, 0.3) is 0 Å². The first kappa shape index (κ1) is 15.8. The Morgan fingerprint density at radius 2 is 1.19 bits per heavy atom. The van der Waals surface area contributed by atoms with Crippen LogP contribution in [-0.2, 0) is 9.22 Å². The van der Waals surface area contributed by atoms with Crippen molar-refractivity contribution in [3.05, 3.63) is 0 Å². The molecule has 0 N–H and O–H groups in total. The van der Waals surface area contributed by atoms with Gasteiger partial charge in [-0.2, -0.15) is 0 Å². The Hall–Kier alpha value is -0.153. The molecular formula is C13H28O2Si. The molecule has 0 aliphatic carbocycles. The van der Waals surface area contributed by atoms with Gasteiger partial charge in [-0.15, -0.1) is 0 Å². The van der Waals surface area contributed by atoms with Crippen LogP contribution in [0.1, 0.15) is 55.4 Å². The molecule has 0 rings (SSSR count). The van der Waals surface area contributed by atoms with E-state index < -0.39 is 8.32 Å². The molecule has 3 heteroatoms. The third-order valence-corrected chi connectivity index (χ3v) is 9.84. The normalized spacial score (nSPS) is 14.9. The average molecular weight is 244 g/mol. The van der Waals surface area contributed by atoms with E-state index in [1.54, 1.807) is 6.92 Å². The summed E-state index contributed by atoms with van der Waals surface area (Å²) in [4.78, 5) is 11.4. The maximum atomic E-state index is 11.4. The largest absolute Gasteiger partial charge is 0.406 e. The number of hydrogen-bond acceptors (Lipinski definition) is 2. The van der Waals surface area contributed by atoms with E-state index in [1.165, 1.54) is 0 Å². The number of ketones is 1. The summed E-state index contributed by atoms with van der Waals surface area (Å²) in [6, 6.07) is 0. The van der Waals surface area contributed by atoms with Crippen molar-refractivity contribution in [3.63, 3.8) is 0 Å². The smallest absolute Gasteiger partial charge is 0.201 e. The van der Waals surface area contributed by atoms with E-state index in [9.17, 15) is 4.79 Å². The van der Waals surface area contributed by atoms with Gasteiger partial charge < -0.3 is 4.43 Å². The SMILES string of the molecule is CC(=O)[C@H](C)O[Si](C(C)C)(C(C)C)C(C)C. The Balaban J connectivity index is 5.13. The van der Waals surface area contributed by atoms with Gasteiger partial charge in [-0.1, -0.05) is 41.5 Å². The molecule has 0 heterocycles.